The van der Waals surface area contributed by atoms with Crippen LogP contribution in [0.15, 0.2) is 36.5 Å². The molecule has 0 fully saturated rings. The maximum absolute atomic E-state index is 12.4. The molecule has 2 unspecified atom stereocenters. The number of allylic oxidation sites excluding steroid dienone is 5. The standard InChI is InChI=1S/C60H113NO5/c1-3-5-7-9-11-13-15-16-17-18-24-27-30-34-38-42-46-50-54-60(65)66-55-51-47-43-39-35-31-28-25-22-20-19-21-23-26-29-33-37-41-45-49-53-59(64)61-57(56-62)58(63)52-48-44-40-36-32-14-12-10-8-6-4-2/h13,15,17-18,48,52,57-58,62-63H,3-12,14,16,19-47,49-51,53-56H2,1-2H3,(H,61,64)/b15-13-,18-17-,52-48+. The fourth-order valence-corrected chi connectivity index (χ4v) is 8.90. The molecule has 388 valence electrons. The molecule has 6 nitrogen and oxygen atoms in total. The molecular weight excluding hydrogens is 815 g/mol. The van der Waals surface area contributed by atoms with Crippen LogP contribution in [0.5, 0.6) is 0 Å². The number of esters is 1. The lowest BCUT2D eigenvalue weighted by atomic mass is 10.0. The van der Waals surface area contributed by atoms with Crippen molar-refractivity contribution in [1.82, 2.24) is 5.32 Å². The Hall–Kier alpha value is -1.92. The Labute approximate surface area is 411 Å². The van der Waals surface area contributed by atoms with Gasteiger partial charge in [-0.3, -0.25) is 9.59 Å². The van der Waals surface area contributed by atoms with E-state index in [2.05, 4.69) is 43.5 Å². The molecule has 0 aromatic carbocycles. The van der Waals surface area contributed by atoms with Crippen LogP contribution in [-0.2, 0) is 14.3 Å². The van der Waals surface area contributed by atoms with Crippen molar-refractivity contribution in [3.8, 4) is 0 Å². The highest BCUT2D eigenvalue weighted by Crippen LogP contribution is 2.17. The number of hydrogen-bond acceptors (Lipinski definition) is 5. The second-order valence-electron chi connectivity index (χ2n) is 20.0. The van der Waals surface area contributed by atoms with Gasteiger partial charge in [-0.25, -0.2) is 0 Å². The summed E-state index contributed by atoms with van der Waals surface area (Å²) in [6.07, 6.45) is 68.8. The van der Waals surface area contributed by atoms with Gasteiger partial charge in [-0.2, -0.15) is 0 Å². The average Bonchev–Trinajstić information content (AvgIpc) is 3.32. The highest BCUT2D eigenvalue weighted by atomic mass is 16.5. The molecule has 0 radical (unpaired) electrons. The fourth-order valence-electron chi connectivity index (χ4n) is 8.90. The summed E-state index contributed by atoms with van der Waals surface area (Å²) in [5, 5.41) is 23.0. The minimum Gasteiger partial charge on any atom is -0.466 e. The van der Waals surface area contributed by atoms with E-state index in [0.29, 0.717) is 19.4 Å². The monoisotopic (exact) mass is 928 g/mol. The molecule has 66 heavy (non-hydrogen) atoms. The van der Waals surface area contributed by atoms with Crippen molar-refractivity contribution in [1.29, 1.82) is 0 Å². The van der Waals surface area contributed by atoms with E-state index in [1.807, 2.05) is 6.08 Å². The predicted molar refractivity (Wildman–Crippen MR) is 287 cm³/mol. The first-order valence-corrected chi connectivity index (χ1v) is 29.3. The van der Waals surface area contributed by atoms with Gasteiger partial charge in [-0.15, -0.1) is 0 Å². The van der Waals surface area contributed by atoms with E-state index in [9.17, 15) is 19.8 Å². The second-order valence-corrected chi connectivity index (χ2v) is 20.0. The summed E-state index contributed by atoms with van der Waals surface area (Å²) >= 11 is 0. The zero-order chi connectivity index (χ0) is 47.9. The van der Waals surface area contributed by atoms with Gasteiger partial charge in [0.25, 0.3) is 0 Å². The van der Waals surface area contributed by atoms with Crippen LogP contribution < -0.4 is 5.32 Å². The second kappa shape index (κ2) is 55.7. The van der Waals surface area contributed by atoms with E-state index in [1.165, 1.54) is 231 Å². The number of aliphatic hydroxyl groups excluding tert-OH is 2. The smallest absolute Gasteiger partial charge is 0.305 e. The van der Waals surface area contributed by atoms with Gasteiger partial charge in [-0.1, -0.05) is 269 Å². The molecule has 0 aliphatic carbocycles. The van der Waals surface area contributed by atoms with Gasteiger partial charge in [0.05, 0.1) is 25.4 Å². The molecule has 0 rings (SSSR count). The number of rotatable bonds is 54. The summed E-state index contributed by atoms with van der Waals surface area (Å²) in [6, 6.07) is -0.628. The van der Waals surface area contributed by atoms with Gasteiger partial charge < -0.3 is 20.3 Å². The molecule has 0 aromatic rings. The number of amides is 1. The lowest BCUT2D eigenvalue weighted by Crippen LogP contribution is -2.45. The first kappa shape index (κ1) is 64.1. The van der Waals surface area contributed by atoms with E-state index in [4.69, 9.17) is 4.74 Å². The van der Waals surface area contributed by atoms with Crippen LogP contribution >= 0.6 is 0 Å². The number of ether oxygens (including phenoxy) is 1. The molecule has 0 aliphatic heterocycles. The quantitative estimate of drug-likeness (QED) is 0.0321. The highest BCUT2D eigenvalue weighted by Gasteiger charge is 2.18. The van der Waals surface area contributed by atoms with Gasteiger partial charge in [0.2, 0.25) is 5.91 Å². The average molecular weight is 929 g/mol. The van der Waals surface area contributed by atoms with Crippen LogP contribution in [0.1, 0.15) is 309 Å². The molecule has 6 heteroatoms. The van der Waals surface area contributed by atoms with Gasteiger partial charge in [0.15, 0.2) is 0 Å². The summed E-state index contributed by atoms with van der Waals surface area (Å²) in [7, 11) is 0. The highest BCUT2D eigenvalue weighted by molar-refractivity contribution is 5.76. The fraction of sp³-hybridized carbons (Fsp3) is 0.867. The van der Waals surface area contributed by atoms with E-state index >= 15 is 0 Å². The Morgan fingerprint density at radius 1 is 0.424 bits per heavy atom. The summed E-state index contributed by atoms with van der Waals surface area (Å²) < 4.78 is 5.49. The molecule has 0 saturated heterocycles. The molecule has 1 amide bonds. The zero-order valence-electron chi connectivity index (χ0n) is 44.2. The lowest BCUT2D eigenvalue weighted by Gasteiger charge is -2.20. The van der Waals surface area contributed by atoms with Gasteiger partial charge in [0, 0.05) is 12.8 Å². The minimum absolute atomic E-state index is 0.00230. The Balaban J connectivity index is 3.39. The van der Waals surface area contributed by atoms with E-state index in [-0.39, 0.29) is 18.5 Å². The number of carbonyl (C=O) groups excluding carboxylic acids is 2. The van der Waals surface area contributed by atoms with E-state index < -0.39 is 12.1 Å². The van der Waals surface area contributed by atoms with Crippen LogP contribution in [0.2, 0.25) is 0 Å². The van der Waals surface area contributed by atoms with Crippen molar-refractivity contribution in [2.75, 3.05) is 13.2 Å². The first-order chi connectivity index (χ1) is 32.5. The third-order valence-electron chi connectivity index (χ3n) is 13.4. The molecule has 3 N–H and O–H groups in total. The molecular formula is C60H113NO5. The van der Waals surface area contributed by atoms with Gasteiger partial charge in [0.1, 0.15) is 0 Å². The maximum Gasteiger partial charge on any atom is 0.305 e. The molecule has 0 aliphatic rings. The normalized spacial score (nSPS) is 12.8. The number of aliphatic hydroxyl groups is 2. The SMILES string of the molecule is CCCCCC/C=C\C/C=C\CCCCCCCCCC(=O)OCCCCCCCCCCCCCCCCCCCCCCC(=O)NC(CO)C(O)/C=C/CCCCCCCCCCC. The van der Waals surface area contributed by atoms with Gasteiger partial charge in [-0.05, 0) is 64.2 Å². The van der Waals surface area contributed by atoms with Crippen LogP contribution in [0.3, 0.4) is 0 Å². The predicted octanol–water partition coefficient (Wildman–Crippen LogP) is 18.0. The van der Waals surface area contributed by atoms with Crippen molar-refractivity contribution in [2.45, 2.75) is 321 Å². The molecule has 2 atom stereocenters. The number of nitrogens with one attached hydrogen (secondary N) is 1. The number of hydrogen-bond donors (Lipinski definition) is 3. The Morgan fingerprint density at radius 3 is 1.17 bits per heavy atom. The minimum atomic E-state index is -0.844. The Morgan fingerprint density at radius 2 is 0.758 bits per heavy atom. The van der Waals surface area contributed by atoms with Crippen LogP contribution in [0, 0.1) is 0 Å². The summed E-state index contributed by atoms with van der Waals surface area (Å²) in [5.74, 6) is -0.0689. The Bertz CT molecular complexity index is 1070. The summed E-state index contributed by atoms with van der Waals surface area (Å²) in [4.78, 5) is 24.5. The molecule has 0 saturated carbocycles. The van der Waals surface area contributed by atoms with Crippen molar-refractivity contribution in [3.05, 3.63) is 36.5 Å². The van der Waals surface area contributed by atoms with Crippen molar-refractivity contribution in [3.63, 3.8) is 0 Å². The molecule has 0 bridgehead atoms. The topological polar surface area (TPSA) is 95.9 Å². The zero-order valence-corrected chi connectivity index (χ0v) is 44.2. The first-order valence-electron chi connectivity index (χ1n) is 29.3. The van der Waals surface area contributed by atoms with Crippen molar-refractivity contribution < 1.29 is 24.5 Å². The Kier molecular flexibility index (Phi) is 54.1. The maximum atomic E-state index is 12.4. The van der Waals surface area contributed by atoms with Crippen molar-refractivity contribution >= 4 is 11.9 Å². The summed E-state index contributed by atoms with van der Waals surface area (Å²) in [5.41, 5.74) is 0. The number of carbonyl (C=O) groups is 2. The van der Waals surface area contributed by atoms with E-state index in [1.54, 1.807) is 6.08 Å². The third kappa shape index (κ3) is 51.5. The van der Waals surface area contributed by atoms with Crippen LogP contribution in [-0.4, -0.2) is 47.4 Å². The van der Waals surface area contributed by atoms with Crippen LogP contribution in [0.25, 0.3) is 0 Å². The number of unbranched alkanes of at least 4 members (excludes halogenated alkanes) is 39. The molecule has 0 heterocycles. The van der Waals surface area contributed by atoms with Gasteiger partial charge >= 0.3 is 5.97 Å². The largest absolute Gasteiger partial charge is 0.466 e. The molecule has 0 aromatic heterocycles. The summed E-state index contributed by atoms with van der Waals surface area (Å²) in [6.45, 7) is 4.87. The van der Waals surface area contributed by atoms with E-state index in [0.717, 1.165) is 51.4 Å². The van der Waals surface area contributed by atoms with Crippen molar-refractivity contribution in [2.24, 2.45) is 0 Å². The lowest BCUT2D eigenvalue weighted by molar-refractivity contribution is -0.143. The molecule has 0 spiro atoms. The van der Waals surface area contributed by atoms with Crippen LogP contribution in [0.4, 0.5) is 0 Å². The third-order valence-corrected chi connectivity index (χ3v) is 13.4.